The SMILES string of the molecule is Cc1cc(C(=O)NCCC2CCCN2)ccc1O. The highest BCUT2D eigenvalue weighted by Crippen LogP contribution is 2.16. The number of hydrogen-bond acceptors (Lipinski definition) is 3. The zero-order chi connectivity index (χ0) is 13.0. The molecule has 1 aliphatic heterocycles. The van der Waals surface area contributed by atoms with E-state index in [9.17, 15) is 9.90 Å². The predicted octanol–water partition coefficient (Wildman–Crippen LogP) is 1.57. The van der Waals surface area contributed by atoms with E-state index in [1.54, 1.807) is 25.1 Å². The van der Waals surface area contributed by atoms with Crippen molar-refractivity contribution in [1.82, 2.24) is 10.6 Å². The van der Waals surface area contributed by atoms with Gasteiger partial charge in [-0.2, -0.15) is 0 Å². The maximum atomic E-state index is 11.9. The lowest BCUT2D eigenvalue weighted by Gasteiger charge is -2.11. The lowest BCUT2D eigenvalue weighted by Crippen LogP contribution is -2.30. The molecule has 0 saturated carbocycles. The molecule has 0 radical (unpaired) electrons. The average molecular weight is 248 g/mol. The monoisotopic (exact) mass is 248 g/mol. The number of carbonyl (C=O) groups excluding carboxylic acids is 1. The molecule has 1 aromatic carbocycles. The maximum absolute atomic E-state index is 11.9. The van der Waals surface area contributed by atoms with Crippen LogP contribution in [0.3, 0.4) is 0 Å². The largest absolute Gasteiger partial charge is 0.508 e. The van der Waals surface area contributed by atoms with Gasteiger partial charge in [0.2, 0.25) is 0 Å². The third-order valence-electron chi connectivity index (χ3n) is 3.40. The van der Waals surface area contributed by atoms with Crippen molar-refractivity contribution in [3.05, 3.63) is 29.3 Å². The molecule has 1 heterocycles. The van der Waals surface area contributed by atoms with Gasteiger partial charge in [-0.15, -0.1) is 0 Å². The molecule has 1 aliphatic rings. The van der Waals surface area contributed by atoms with Crippen LogP contribution >= 0.6 is 0 Å². The van der Waals surface area contributed by atoms with Crippen LogP contribution in [0.5, 0.6) is 5.75 Å². The molecule has 3 N–H and O–H groups in total. The van der Waals surface area contributed by atoms with E-state index in [1.165, 1.54) is 12.8 Å². The van der Waals surface area contributed by atoms with E-state index < -0.39 is 0 Å². The summed E-state index contributed by atoms with van der Waals surface area (Å²) in [5.41, 5.74) is 1.32. The van der Waals surface area contributed by atoms with E-state index in [1.807, 2.05) is 0 Å². The zero-order valence-corrected chi connectivity index (χ0v) is 10.7. The van der Waals surface area contributed by atoms with Crippen molar-refractivity contribution in [3.63, 3.8) is 0 Å². The third kappa shape index (κ3) is 3.23. The molecule has 4 nitrogen and oxygen atoms in total. The van der Waals surface area contributed by atoms with Crippen molar-refractivity contribution in [2.24, 2.45) is 0 Å². The number of amides is 1. The number of aromatic hydroxyl groups is 1. The summed E-state index contributed by atoms with van der Waals surface area (Å²) in [6.45, 7) is 3.57. The molecule has 0 aliphatic carbocycles. The Balaban J connectivity index is 1.81. The summed E-state index contributed by atoms with van der Waals surface area (Å²) >= 11 is 0. The van der Waals surface area contributed by atoms with Crippen molar-refractivity contribution < 1.29 is 9.90 Å². The Kier molecular flexibility index (Phi) is 4.20. The molecule has 1 amide bonds. The Hall–Kier alpha value is -1.55. The van der Waals surface area contributed by atoms with Crippen molar-refractivity contribution in [2.75, 3.05) is 13.1 Å². The van der Waals surface area contributed by atoms with Gasteiger partial charge in [0.25, 0.3) is 5.91 Å². The molecule has 2 rings (SSSR count). The Morgan fingerprint density at radius 1 is 1.56 bits per heavy atom. The van der Waals surface area contributed by atoms with Gasteiger partial charge in [0, 0.05) is 18.2 Å². The number of phenols is 1. The predicted molar refractivity (Wildman–Crippen MR) is 70.8 cm³/mol. The summed E-state index contributed by atoms with van der Waals surface area (Å²) in [6, 6.07) is 5.46. The molecule has 1 fully saturated rings. The Morgan fingerprint density at radius 3 is 3.06 bits per heavy atom. The molecule has 0 bridgehead atoms. The number of aryl methyl sites for hydroxylation is 1. The van der Waals surface area contributed by atoms with Crippen molar-refractivity contribution in [1.29, 1.82) is 0 Å². The normalized spacial score (nSPS) is 18.8. The molecule has 18 heavy (non-hydrogen) atoms. The highest BCUT2D eigenvalue weighted by Gasteiger charge is 2.14. The van der Waals surface area contributed by atoms with Crippen LogP contribution in [0.4, 0.5) is 0 Å². The van der Waals surface area contributed by atoms with Gasteiger partial charge in [-0.1, -0.05) is 0 Å². The first-order valence-electron chi connectivity index (χ1n) is 6.48. The Labute approximate surface area is 107 Å². The fraction of sp³-hybridized carbons (Fsp3) is 0.500. The minimum Gasteiger partial charge on any atom is -0.508 e. The average Bonchev–Trinajstić information content (AvgIpc) is 2.85. The molecule has 98 valence electrons. The van der Waals surface area contributed by atoms with Crippen LogP contribution in [0, 0.1) is 6.92 Å². The number of hydrogen-bond donors (Lipinski definition) is 3. The van der Waals surface area contributed by atoms with Gasteiger partial charge in [-0.05, 0) is 56.5 Å². The van der Waals surface area contributed by atoms with Crippen molar-refractivity contribution in [3.8, 4) is 5.75 Å². The van der Waals surface area contributed by atoms with Crippen LogP contribution in [0.15, 0.2) is 18.2 Å². The van der Waals surface area contributed by atoms with E-state index in [-0.39, 0.29) is 11.7 Å². The van der Waals surface area contributed by atoms with Crippen molar-refractivity contribution in [2.45, 2.75) is 32.2 Å². The second kappa shape index (κ2) is 5.87. The van der Waals surface area contributed by atoms with Gasteiger partial charge < -0.3 is 15.7 Å². The van der Waals surface area contributed by atoms with Crippen LogP contribution in [-0.2, 0) is 0 Å². The minimum atomic E-state index is -0.0731. The molecule has 4 heteroatoms. The van der Waals surface area contributed by atoms with Crippen LogP contribution in [-0.4, -0.2) is 30.1 Å². The number of carbonyl (C=O) groups is 1. The minimum absolute atomic E-state index is 0.0731. The van der Waals surface area contributed by atoms with E-state index in [0.29, 0.717) is 18.2 Å². The summed E-state index contributed by atoms with van der Waals surface area (Å²) in [5, 5.41) is 15.7. The number of phenolic OH excluding ortho intramolecular Hbond substituents is 1. The maximum Gasteiger partial charge on any atom is 0.251 e. The van der Waals surface area contributed by atoms with Gasteiger partial charge in [0.15, 0.2) is 0 Å². The molecule has 1 unspecified atom stereocenters. The number of rotatable bonds is 4. The van der Waals surface area contributed by atoms with E-state index in [4.69, 9.17) is 0 Å². The molecule has 1 aromatic rings. The van der Waals surface area contributed by atoms with Crippen molar-refractivity contribution >= 4 is 5.91 Å². The van der Waals surface area contributed by atoms with Crippen LogP contribution in [0.25, 0.3) is 0 Å². The van der Waals surface area contributed by atoms with Gasteiger partial charge in [0.05, 0.1) is 0 Å². The molecular weight excluding hydrogens is 228 g/mol. The lowest BCUT2D eigenvalue weighted by molar-refractivity contribution is 0.0952. The smallest absolute Gasteiger partial charge is 0.251 e. The third-order valence-corrected chi connectivity index (χ3v) is 3.40. The highest BCUT2D eigenvalue weighted by atomic mass is 16.3. The molecular formula is C14H20N2O2. The van der Waals surface area contributed by atoms with Crippen LogP contribution in [0.2, 0.25) is 0 Å². The first kappa shape index (κ1) is 12.9. The summed E-state index contributed by atoms with van der Waals surface area (Å²) in [7, 11) is 0. The Morgan fingerprint density at radius 2 is 2.39 bits per heavy atom. The first-order chi connectivity index (χ1) is 8.66. The number of benzene rings is 1. The van der Waals surface area contributed by atoms with E-state index in [2.05, 4.69) is 10.6 Å². The number of nitrogens with one attached hydrogen (secondary N) is 2. The van der Waals surface area contributed by atoms with E-state index >= 15 is 0 Å². The fourth-order valence-corrected chi connectivity index (χ4v) is 2.26. The summed E-state index contributed by atoms with van der Waals surface area (Å²) in [5.74, 6) is 0.151. The van der Waals surface area contributed by atoms with Gasteiger partial charge in [0.1, 0.15) is 5.75 Å². The summed E-state index contributed by atoms with van der Waals surface area (Å²) in [6.07, 6.45) is 3.41. The fourth-order valence-electron chi connectivity index (χ4n) is 2.26. The zero-order valence-electron chi connectivity index (χ0n) is 10.7. The topological polar surface area (TPSA) is 61.4 Å². The van der Waals surface area contributed by atoms with Gasteiger partial charge in [-0.3, -0.25) is 4.79 Å². The Bertz CT molecular complexity index is 426. The van der Waals surface area contributed by atoms with Crippen LogP contribution < -0.4 is 10.6 Å². The second-order valence-corrected chi connectivity index (χ2v) is 4.84. The molecule has 1 atom stereocenters. The summed E-state index contributed by atoms with van der Waals surface area (Å²) in [4.78, 5) is 11.9. The second-order valence-electron chi connectivity index (χ2n) is 4.84. The van der Waals surface area contributed by atoms with E-state index in [0.717, 1.165) is 18.5 Å². The summed E-state index contributed by atoms with van der Waals surface area (Å²) < 4.78 is 0. The van der Waals surface area contributed by atoms with Gasteiger partial charge >= 0.3 is 0 Å². The first-order valence-corrected chi connectivity index (χ1v) is 6.48. The molecule has 0 spiro atoms. The molecule has 0 aromatic heterocycles. The lowest BCUT2D eigenvalue weighted by atomic mass is 10.1. The standard InChI is InChI=1S/C14H20N2O2/c1-10-9-11(4-5-13(10)17)14(18)16-8-6-12-3-2-7-15-12/h4-5,9,12,15,17H,2-3,6-8H2,1H3,(H,16,18). The van der Waals surface area contributed by atoms with Gasteiger partial charge in [-0.25, -0.2) is 0 Å². The van der Waals surface area contributed by atoms with Crippen LogP contribution in [0.1, 0.15) is 35.2 Å². The highest BCUT2D eigenvalue weighted by molar-refractivity contribution is 5.94. The quantitative estimate of drug-likeness (QED) is 0.758. The molecule has 1 saturated heterocycles.